The van der Waals surface area contributed by atoms with Crippen molar-refractivity contribution in [3.63, 3.8) is 0 Å². The van der Waals surface area contributed by atoms with Crippen molar-refractivity contribution < 1.29 is 9.53 Å². The first kappa shape index (κ1) is 16.1. The number of likely N-dealkylation sites (tertiary alicyclic amines) is 1. The van der Waals surface area contributed by atoms with Crippen molar-refractivity contribution in [1.29, 1.82) is 0 Å². The molecule has 24 heavy (non-hydrogen) atoms. The van der Waals surface area contributed by atoms with E-state index in [1.54, 1.807) is 0 Å². The molecule has 1 aliphatic carbocycles. The van der Waals surface area contributed by atoms with Crippen LogP contribution in [0.15, 0.2) is 18.5 Å². The average molecular weight is 332 g/mol. The number of morpholine rings is 1. The molecule has 0 bridgehead atoms. The summed E-state index contributed by atoms with van der Waals surface area (Å²) < 4.78 is 7.89. The Labute approximate surface area is 143 Å². The first-order chi connectivity index (χ1) is 11.8. The van der Waals surface area contributed by atoms with Crippen molar-refractivity contribution in [3.8, 4) is 0 Å². The molecule has 0 unspecified atom stereocenters. The van der Waals surface area contributed by atoms with E-state index in [0.29, 0.717) is 31.1 Å². The fraction of sp³-hybridized carbons (Fsp3) is 0.778. The van der Waals surface area contributed by atoms with Gasteiger partial charge in [-0.2, -0.15) is 5.10 Å². The number of hydrogen-bond donors (Lipinski definition) is 0. The van der Waals surface area contributed by atoms with Gasteiger partial charge in [-0.1, -0.05) is 12.8 Å². The second-order valence-corrected chi connectivity index (χ2v) is 7.34. The number of aromatic nitrogens is 2. The summed E-state index contributed by atoms with van der Waals surface area (Å²) in [7, 11) is 0. The van der Waals surface area contributed by atoms with Crippen molar-refractivity contribution >= 4 is 5.91 Å². The predicted molar refractivity (Wildman–Crippen MR) is 90.5 cm³/mol. The zero-order valence-electron chi connectivity index (χ0n) is 14.3. The second kappa shape index (κ2) is 7.23. The van der Waals surface area contributed by atoms with Gasteiger partial charge in [0.15, 0.2) is 0 Å². The first-order valence-corrected chi connectivity index (χ1v) is 9.44. The van der Waals surface area contributed by atoms with Crippen LogP contribution in [0.3, 0.4) is 0 Å². The van der Waals surface area contributed by atoms with Crippen LogP contribution in [-0.4, -0.2) is 69.9 Å². The van der Waals surface area contributed by atoms with E-state index in [2.05, 4.69) is 14.9 Å². The molecule has 3 atom stereocenters. The van der Waals surface area contributed by atoms with Crippen LogP contribution in [0.25, 0.3) is 0 Å². The van der Waals surface area contributed by atoms with Gasteiger partial charge < -0.3 is 9.64 Å². The molecule has 0 aromatic carbocycles. The van der Waals surface area contributed by atoms with E-state index < -0.39 is 0 Å². The lowest BCUT2D eigenvalue weighted by atomic mass is 9.90. The fourth-order valence-electron chi connectivity index (χ4n) is 4.61. The number of nitrogens with zero attached hydrogens (tertiary/aromatic N) is 4. The maximum atomic E-state index is 13.0. The van der Waals surface area contributed by atoms with Crippen molar-refractivity contribution in [3.05, 3.63) is 18.5 Å². The minimum atomic E-state index is 0.273. The summed E-state index contributed by atoms with van der Waals surface area (Å²) in [5.74, 6) is 0.294. The van der Waals surface area contributed by atoms with Gasteiger partial charge in [-0.05, 0) is 38.3 Å². The Kier molecular flexibility index (Phi) is 4.85. The van der Waals surface area contributed by atoms with Gasteiger partial charge in [0.2, 0.25) is 5.91 Å². The summed E-state index contributed by atoms with van der Waals surface area (Å²) in [6, 6.07) is 2.70. The molecule has 1 saturated carbocycles. The molecule has 2 aliphatic heterocycles. The quantitative estimate of drug-likeness (QED) is 0.839. The summed E-state index contributed by atoms with van der Waals surface area (Å²) >= 11 is 0. The number of amides is 1. The molecular weight excluding hydrogens is 304 g/mol. The SMILES string of the molecule is O=C(CN1CCC[C@@H]1Cn1cccn1)N1CCO[C@H]2CCCC[C@@H]21. The lowest BCUT2D eigenvalue weighted by Gasteiger charge is -2.44. The Balaban J connectivity index is 1.37. The summed E-state index contributed by atoms with van der Waals surface area (Å²) in [5.41, 5.74) is 0. The topological polar surface area (TPSA) is 50.6 Å². The lowest BCUT2D eigenvalue weighted by Crippen LogP contribution is -2.57. The smallest absolute Gasteiger partial charge is 0.237 e. The predicted octanol–water partition coefficient (Wildman–Crippen LogP) is 1.52. The highest BCUT2D eigenvalue weighted by atomic mass is 16.5. The Hall–Kier alpha value is -1.40. The number of rotatable bonds is 4. The highest BCUT2D eigenvalue weighted by molar-refractivity contribution is 5.79. The molecule has 3 heterocycles. The molecule has 1 amide bonds. The molecule has 3 aliphatic rings. The van der Waals surface area contributed by atoms with Gasteiger partial charge in [-0.15, -0.1) is 0 Å². The van der Waals surface area contributed by atoms with E-state index >= 15 is 0 Å². The molecular formula is C18H28N4O2. The normalized spacial score (nSPS) is 31.2. The number of ether oxygens (including phenoxy) is 1. The monoisotopic (exact) mass is 332 g/mol. The number of carbonyl (C=O) groups excluding carboxylic acids is 1. The van der Waals surface area contributed by atoms with Crippen LogP contribution in [0.2, 0.25) is 0 Å². The van der Waals surface area contributed by atoms with Gasteiger partial charge in [0.25, 0.3) is 0 Å². The largest absolute Gasteiger partial charge is 0.374 e. The van der Waals surface area contributed by atoms with E-state index in [0.717, 1.165) is 38.9 Å². The molecule has 1 aromatic heterocycles. The van der Waals surface area contributed by atoms with Crippen LogP contribution >= 0.6 is 0 Å². The minimum Gasteiger partial charge on any atom is -0.374 e. The molecule has 0 N–H and O–H groups in total. The highest BCUT2D eigenvalue weighted by Gasteiger charge is 2.38. The van der Waals surface area contributed by atoms with Gasteiger partial charge in [-0.25, -0.2) is 0 Å². The molecule has 1 aromatic rings. The highest BCUT2D eigenvalue weighted by Crippen LogP contribution is 2.29. The zero-order chi connectivity index (χ0) is 16.4. The maximum absolute atomic E-state index is 13.0. The molecule has 6 nitrogen and oxygen atoms in total. The number of fused-ring (bicyclic) bond motifs is 1. The molecule has 132 valence electrons. The molecule has 0 spiro atoms. The van der Waals surface area contributed by atoms with Crippen LogP contribution in [0.4, 0.5) is 0 Å². The number of carbonyl (C=O) groups is 1. The van der Waals surface area contributed by atoms with Crippen LogP contribution < -0.4 is 0 Å². The van der Waals surface area contributed by atoms with Crippen molar-refractivity contribution in [2.45, 2.75) is 63.3 Å². The molecule has 3 fully saturated rings. The van der Waals surface area contributed by atoms with Crippen molar-refractivity contribution in [2.24, 2.45) is 0 Å². The third-order valence-corrected chi connectivity index (χ3v) is 5.85. The molecule has 4 rings (SSSR count). The van der Waals surface area contributed by atoms with E-state index in [-0.39, 0.29) is 6.10 Å². The van der Waals surface area contributed by atoms with Crippen molar-refractivity contribution in [2.75, 3.05) is 26.2 Å². The maximum Gasteiger partial charge on any atom is 0.237 e. The Morgan fingerprint density at radius 1 is 1.17 bits per heavy atom. The van der Waals surface area contributed by atoms with Crippen LogP contribution in [0.5, 0.6) is 0 Å². The summed E-state index contributed by atoms with van der Waals surface area (Å²) in [6.07, 6.45) is 11.1. The van der Waals surface area contributed by atoms with Crippen LogP contribution in [-0.2, 0) is 16.1 Å². The average Bonchev–Trinajstić information content (AvgIpc) is 3.27. The molecule has 2 saturated heterocycles. The Morgan fingerprint density at radius 3 is 2.96 bits per heavy atom. The van der Waals surface area contributed by atoms with Crippen molar-refractivity contribution in [1.82, 2.24) is 19.6 Å². The van der Waals surface area contributed by atoms with E-state index in [4.69, 9.17) is 4.74 Å². The standard InChI is InChI=1S/C18H28N4O2/c23-18(22-11-12-24-17-7-2-1-6-16(17)22)14-20-9-3-5-15(20)13-21-10-4-8-19-21/h4,8,10,15-17H,1-3,5-7,9,11-14H2/t15-,16+,17+/m1/s1. The fourth-order valence-corrected chi connectivity index (χ4v) is 4.61. The Morgan fingerprint density at radius 2 is 2.08 bits per heavy atom. The second-order valence-electron chi connectivity index (χ2n) is 7.34. The third kappa shape index (κ3) is 3.35. The summed E-state index contributed by atoms with van der Waals surface area (Å²) in [4.78, 5) is 17.4. The molecule has 6 heteroatoms. The van der Waals surface area contributed by atoms with Crippen LogP contribution in [0, 0.1) is 0 Å². The third-order valence-electron chi connectivity index (χ3n) is 5.85. The van der Waals surface area contributed by atoms with Gasteiger partial charge in [0.1, 0.15) is 0 Å². The van der Waals surface area contributed by atoms with Gasteiger partial charge in [0, 0.05) is 25.0 Å². The van der Waals surface area contributed by atoms with Gasteiger partial charge in [0.05, 0.1) is 31.8 Å². The summed E-state index contributed by atoms with van der Waals surface area (Å²) in [5, 5.41) is 4.32. The van der Waals surface area contributed by atoms with E-state index in [9.17, 15) is 4.79 Å². The van der Waals surface area contributed by atoms with E-state index in [1.165, 1.54) is 19.3 Å². The Bertz CT molecular complexity index is 545. The van der Waals surface area contributed by atoms with Gasteiger partial charge >= 0.3 is 0 Å². The van der Waals surface area contributed by atoms with Crippen LogP contribution in [0.1, 0.15) is 38.5 Å². The molecule has 0 radical (unpaired) electrons. The van der Waals surface area contributed by atoms with E-state index in [1.807, 2.05) is 23.1 Å². The minimum absolute atomic E-state index is 0.273. The van der Waals surface area contributed by atoms with Gasteiger partial charge in [-0.3, -0.25) is 14.4 Å². The number of hydrogen-bond acceptors (Lipinski definition) is 4. The zero-order valence-corrected chi connectivity index (χ0v) is 14.3. The lowest BCUT2D eigenvalue weighted by molar-refractivity contribution is -0.150. The first-order valence-electron chi connectivity index (χ1n) is 9.44. The summed E-state index contributed by atoms with van der Waals surface area (Å²) in [6.45, 7) is 3.92.